The SMILES string of the molecule is COC1CCC(N(C2CCC(N(C3CCC(N(C4CCC(OC)CC4)C4CCC(CO)CC4C)CC3)C3CCC(C4(C5CCC(N(C6CCC(N(C7CCC(CO)CC7)C7CCC(OC)CC7C)CC6)C6CCC(N(C7CCC(CO)CC7)C7CCC(OC)CC7C)CC6)CC5)CCCCC4)CC3)CC2)C2CCC(CO)CC2C)CC1. The maximum absolute atomic E-state index is 10.5. The molecule has 15 rings (SSSR count). The van der Waals surface area contributed by atoms with E-state index in [0.717, 1.165) is 23.9 Å². The number of aliphatic hydroxyl groups is 4. The van der Waals surface area contributed by atoms with Crippen LogP contribution in [0.15, 0.2) is 0 Å². The summed E-state index contributed by atoms with van der Waals surface area (Å²) in [5, 5.41) is 41.7. The molecular formula is C102H182N6O8. The molecule has 0 heterocycles. The quantitative estimate of drug-likeness (QED) is 0.0591. The average molecular weight is 1620 g/mol. The molecular weight excluding hydrogens is 1440 g/mol. The van der Waals surface area contributed by atoms with Gasteiger partial charge in [0.1, 0.15) is 0 Å². The number of nitrogens with zero attached hydrogens (tertiary/aromatic N) is 6. The van der Waals surface area contributed by atoms with Gasteiger partial charge in [0, 0.05) is 164 Å². The van der Waals surface area contributed by atoms with Crippen molar-refractivity contribution in [3.8, 4) is 0 Å². The summed E-state index contributed by atoms with van der Waals surface area (Å²) in [7, 11) is 7.83. The van der Waals surface area contributed by atoms with Crippen molar-refractivity contribution in [2.24, 2.45) is 64.6 Å². The van der Waals surface area contributed by atoms with E-state index in [1.54, 1.807) is 0 Å². The lowest BCUT2D eigenvalue weighted by atomic mass is 9.53. The van der Waals surface area contributed by atoms with Crippen LogP contribution in [-0.2, 0) is 18.9 Å². The lowest BCUT2D eigenvalue weighted by Crippen LogP contribution is -2.59. The molecule has 15 aliphatic rings. The van der Waals surface area contributed by atoms with Crippen molar-refractivity contribution >= 4 is 0 Å². The van der Waals surface area contributed by atoms with Crippen molar-refractivity contribution in [1.82, 2.24) is 29.4 Å². The van der Waals surface area contributed by atoms with E-state index in [4.69, 9.17) is 18.9 Å². The molecule has 15 saturated carbocycles. The highest BCUT2D eigenvalue weighted by atomic mass is 16.5. The molecule has 12 atom stereocenters. The molecule has 0 aromatic carbocycles. The molecule has 14 nitrogen and oxygen atoms in total. The van der Waals surface area contributed by atoms with Gasteiger partial charge in [0.25, 0.3) is 0 Å². The van der Waals surface area contributed by atoms with Gasteiger partial charge in [0.15, 0.2) is 0 Å². The Labute approximate surface area is 711 Å². The van der Waals surface area contributed by atoms with Crippen LogP contribution in [0, 0.1) is 64.6 Å². The molecule has 14 heteroatoms. The van der Waals surface area contributed by atoms with Crippen LogP contribution in [-0.4, -0.2) is 238 Å². The Balaban J connectivity index is 0.660. The van der Waals surface area contributed by atoms with Crippen LogP contribution in [0.25, 0.3) is 0 Å². The first-order valence-electron chi connectivity index (χ1n) is 51.9. The number of rotatable bonds is 28. The predicted octanol–water partition coefficient (Wildman–Crippen LogP) is 20.1. The molecule has 15 aliphatic carbocycles. The summed E-state index contributed by atoms with van der Waals surface area (Å²) in [6.07, 6.45) is 77.2. The molecule has 0 aliphatic heterocycles. The summed E-state index contributed by atoms with van der Waals surface area (Å²) in [6, 6.07) is 12.2. The molecule has 668 valence electrons. The first-order valence-corrected chi connectivity index (χ1v) is 51.9. The van der Waals surface area contributed by atoms with E-state index in [-0.39, 0.29) is 0 Å². The number of methoxy groups -OCH3 is 4. The third-order valence-electron chi connectivity index (χ3n) is 38.8. The highest BCUT2D eigenvalue weighted by Gasteiger charge is 2.54. The summed E-state index contributed by atoms with van der Waals surface area (Å²) in [6.45, 7) is 11.7. The van der Waals surface area contributed by atoms with Crippen LogP contribution in [0.1, 0.15) is 394 Å². The van der Waals surface area contributed by atoms with Crippen molar-refractivity contribution < 1.29 is 39.4 Å². The average Bonchev–Trinajstić information content (AvgIpc) is 0.625. The van der Waals surface area contributed by atoms with E-state index in [0.29, 0.717) is 200 Å². The van der Waals surface area contributed by atoms with E-state index in [1.807, 2.05) is 28.4 Å². The van der Waals surface area contributed by atoms with Crippen LogP contribution >= 0.6 is 0 Å². The predicted molar refractivity (Wildman–Crippen MR) is 474 cm³/mol. The second-order valence-electron chi connectivity index (χ2n) is 44.6. The maximum Gasteiger partial charge on any atom is 0.0575 e. The molecule has 12 unspecified atom stereocenters. The Morgan fingerprint density at radius 1 is 0.216 bits per heavy atom. The van der Waals surface area contributed by atoms with Gasteiger partial charge >= 0.3 is 0 Å². The van der Waals surface area contributed by atoms with E-state index in [2.05, 4.69) is 57.1 Å². The van der Waals surface area contributed by atoms with Crippen LogP contribution in [0.2, 0.25) is 0 Å². The van der Waals surface area contributed by atoms with Gasteiger partial charge in [-0.2, -0.15) is 0 Å². The Hall–Kier alpha value is -0.560. The molecule has 0 aromatic heterocycles. The van der Waals surface area contributed by atoms with Gasteiger partial charge in [-0.15, -0.1) is 0 Å². The van der Waals surface area contributed by atoms with E-state index >= 15 is 0 Å². The second kappa shape index (κ2) is 43.3. The van der Waals surface area contributed by atoms with Gasteiger partial charge < -0.3 is 39.4 Å². The monoisotopic (exact) mass is 1620 g/mol. The Kier molecular flexibility index (Phi) is 33.7. The Morgan fingerprint density at radius 3 is 0.647 bits per heavy atom. The van der Waals surface area contributed by atoms with Crippen LogP contribution in [0.5, 0.6) is 0 Å². The fourth-order valence-electron chi connectivity index (χ4n) is 32.6. The zero-order valence-electron chi connectivity index (χ0n) is 76.2. The summed E-state index contributed by atoms with van der Waals surface area (Å²) >= 11 is 0. The highest BCUT2D eigenvalue weighted by Crippen LogP contribution is 2.59. The molecule has 0 amide bonds. The zero-order valence-corrected chi connectivity index (χ0v) is 76.2. The molecule has 0 aromatic rings. The van der Waals surface area contributed by atoms with Gasteiger partial charge in [-0.05, 0) is 411 Å². The van der Waals surface area contributed by atoms with Gasteiger partial charge in [0.2, 0.25) is 0 Å². The largest absolute Gasteiger partial charge is 0.396 e. The maximum atomic E-state index is 10.5. The van der Waals surface area contributed by atoms with Gasteiger partial charge in [-0.1, -0.05) is 47.0 Å². The Morgan fingerprint density at radius 2 is 0.414 bits per heavy atom. The molecule has 15 fully saturated rings. The summed E-state index contributed by atoms with van der Waals surface area (Å²) in [5.74, 6) is 6.31. The number of ether oxygens (including phenoxy) is 4. The third kappa shape index (κ3) is 21.0. The van der Waals surface area contributed by atoms with E-state index < -0.39 is 0 Å². The van der Waals surface area contributed by atoms with Crippen molar-refractivity contribution in [1.29, 1.82) is 0 Å². The molecule has 0 radical (unpaired) electrons. The summed E-state index contributed by atoms with van der Waals surface area (Å²) in [4.78, 5) is 19.6. The van der Waals surface area contributed by atoms with Crippen molar-refractivity contribution in [3.05, 3.63) is 0 Å². The Bertz CT molecular complexity index is 2440. The van der Waals surface area contributed by atoms with E-state index in [1.165, 1.54) is 366 Å². The summed E-state index contributed by atoms with van der Waals surface area (Å²) in [5.41, 5.74) is 0.521. The third-order valence-corrected chi connectivity index (χ3v) is 38.8. The molecule has 0 bridgehead atoms. The lowest BCUT2D eigenvalue weighted by Gasteiger charge is -2.57. The number of hydrogen-bond acceptors (Lipinski definition) is 14. The van der Waals surface area contributed by atoms with Crippen LogP contribution < -0.4 is 0 Å². The van der Waals surface area contributed by atoms with Gasteiger partial charge in [-0.25, -0.2) is 0 Å². The first-order chi connectivity index (χ1) is 56.7. The minimum atomic E-state index is 0.361. The van der Waals surface area contributed by atoms with E-state index in [9.17, 15) is 20.4 Å². The fourth-order valence-corrected chi connectivity index (χ4v) is 32.6. The standard InChI is InChI=1S/C102H182N6O8/c1-70-62-76(68-111)16-56-98(70)107(92-46-50-94(113-5)51-47-92)90-42-34-84(35-43-90)104(85-36-44-91(45-37-85)108(93-48-52-95(114-6)53-49-93)99-57-17-77(69-112)63-71(99)2)81-28-20-79(21-29-81)102(60-10-9-11-61-102)78-18-26-80(27-19-78)103(82-30-38-88(39-31-82)105(86-22-12-74(66-109)13-23-86)100-58-54-96(115-7)64-72(100)3)83-32-40-89(41-33-83)106(87-24-14-75(67-110)15-25-87)101-59-55-97(116-8)65-73(101)4/h70-101,109-112H,9-69H2,1-8H3. The van der Waals surface area contributed by atoms with Gasteiger partial charge in [-0.3, -0.25) is 29.4 Å². The lowest BCUT2D eigenvalue weighted by molar-refractivity contribution is -0.0751. The topological polar surface area (TPSA) is 137 Å². The smallest absolute Gasteiger partial charge is 0.0575 e. The van der Waals surface area contributed by atoms with Crippen molar-refractivity contribution in [2.45, 2.75) is 527 Å². The number of aliphatic hydroxyl groups excluding tert-OH is 4. The fraction of sp³-hybridized carbons (Fsp3) is 1.00. The van der Waals surface area contributed by atoms with Crippen molar-refractivity contribution in [2.75, 3.05) is 54.9 Å². The van der Waals surface area contributed by atoms with Crippen LogP contribution in [0.4, 0.5) is 0 Å². The first kappa shape index (κ1) is 90.2. The van der Waals surface area contributed by atoms with Crippen LogP contribution in [0.3, 0.4) is 0 Å². The molecule has 0 saturated heterocycles. The highest BCUT2D eigenvalue weighted by molar-refractivity contribution is 5.07. The molecule has 0 spiro atoms. The minimum Gasteiger partial charge on any atom is -0.396 e. The molecule has 4 N–H and O–H groups in total. The number of hydrogen-bond donors (Lipinski definition) is 4. The zero-order chi connectivity index (χ0) is 80.4. The summed E-state index contributed by atoms with van der Waals surface area (Å²) < 4.78 is 24.3. The molecule has 116 heavy (non-hydrogen) atoms. The second-order valence-corrected chi connectivity index (χ2v) is 44.6. The van der Waals surface area contributed by atoms with Crippen molar-refractivity contribution in [3.63, 3.8) is 0 Å². The van der Waals surface area contributed by atoms with Gasteiger partial charge in [0.05, 0.1) is 24.4 Å². The normalized spacial score (nSPS) is 44.9. The minimum absolute atomic E-state index is 0.361.